The van der Waals surface area contributed by atoms with Gasteiger partial charge in [0.05, 0.1) is 6.04 Å². The number of nitrogens with zero attached hydrogens (tertiary/aromatic N) is 1. The first-order valence-electron chi connectivity index (χ1n) is 9.02. The van der Waals surface area contributed by atoms with Gasteiger partial charge in [-0.25, -0.2) is 0 Å². The van der Waals surface area contributed by atoms with E-state index in [1.54, 1.807) is 0 Å². The number of benzene rings is 1. The Kier molecular flexibility index (Phi) is 7.21. The van der Waals surface area contributed by atoms with Crippen LogP contribution in [0.5, 0.6) is 0 Å². The van der Waals surface area contributed by atoms with Gasteiger partial charge in [0, 0.05) is 18.8 Å². The van der Waals surface area contributed by atoms with E-state index in [0.29, 0.717) is 12.5 Å². The number of aliphatic hydroxyl groups is 1. The highest BCUT2D eigenvalue weighted by Crippen LogP contribution is 2.20. The van der Waals surface area contributed by atoms with Crippen molar-refractivity contribution < 1.29 is 9.90 Å². The van der Waals surface area contributed by atoms with Gasteiger partial charge >= 0.3 is 0 Å². The topological polar surface area (TPSA) is 78.6 Å². The first-order chi connectivity index (χ1) is 11.5. The SMILES string of the molecule is CCC(C)C(N)C(=O)Nc1cccc(CN2CCC(CO)CC2)c1. The zero-order valence-electron chi connectivity index (χ0n) is 14.9. The molecule has 1 heterocycles. The summed E-state index contributed by atoms with van der Waals surface area (Å²) in [7, 11) is 0. The van der Waals surface area contributed by atoms with Crippen LogP contribution >= 0.6 is 0 Å². The van der Waals surface area contributed by atoms with Gasteiger partial charge in [0.15, 0.2) is 0 Å². The zero-order chi connectivity index (χ0) is 17.5. The first-order valence-corrected chi connectivity index (χ1v) is 9.02. The third-order valence-electron chi connectivity index (χ3n) is 5.13. The van der Waals surface area contributed by atoms with Crippen molar-refractivity contribution in [3.63, 3.8) is 0 Å². The Morgan fingerprint density at radius 2 is 2.12 bits per heavy atom. The van der Waals surface area contributed by atoms with Gasteiger partial charge in [0.1, 0.15) is 0 Å². The maximum Gasteiger partial charge on any atom is 0.241 e. The van der Waals surface area contributed by atoms with E-state index < -0.39 is 6.04 Å². The van der Waals surface area contributed by atoms with Crippen molar-refractivity contribution in [1.82, 2.24) is 4.90 Å². The van der Waals surface area contributed by atoms with Crippen molar-refractivity contribution in [2.24, 2.45) is 17.6 Å². The average molecular weight is 333 g/mol. The Balaban J connectivity index is 1.91. The van der Waals surface area contributed by atoms with Crippen LogP contribution in [0.15, 0.2) is 24.3 Å². The Bertz CT molecular complexity index is 527. The van der Waals surface area contributed by atoms with E-state index in [2.05, 4.69) is 16.3 Å². The van der Waals surface area contributed by atoms with E-state index in [1.165, 1.54) is 5.56 Å². The molecule has 1 saturated heterocycles. The van der Waals surface area contributed by atoms with Crippen molar-refractivity contribution in [3.05, 3.63) is 29.8 Å². The minimum Gasteiger partial charge on any atom is -0.396 e. The van der Waals surface area contributed by atoms with E-state index in [-0.39, 0.29) is 11.8 Å². The van der Waals surface area contributed by atoms with Crippen molar-refractivity contribution in [1.29, 1.82) is 0 Å². The summed E-state index contributed by atoms with van der Waals surface area (Å²) in [5.74, 6) is 0.500. The lowest BCUT2D eigenvalue weighted by atomic mass is 9.97. The molecule has 0 radical (unpaired) electrons. The van der Waals surface area contributed by atoms with Crippen LogP contribution in [0.3, 0.4) is 0 Å². The van der Waals surface area contributed by atoms with Gasteiger partial charge in [-0.1, -0.05) is 32.4 Å². The molecule has 1 aromatic carbocycles. The fourth-order valence-corrected chi connectivity index (χ4v) is 3.07. The van der Waals surface area contributed by atoms with E-state index in [0.717, 1.165) is 44.6 Å². The number of nitrogens with two attached hydrogens (primary N) is 1. The summed E-state index contributed by atoms with van der Waals surface area (Å²) in [5, 5.41) is 12.2. The van der Waals surface area contributed by atoms with Gasteiger partial charge in [-0.3, -0.25) is 9.69 Å². The number of carbonyl (C=O) groups excluding carboxylic acids is 1. The number of hydrogen-bond donors (Lipinski definition) is 3. The molecule has 0 spiro atoms. The van der Waals surface area contributed by atoms with Crippen molar-refractivity contribution in [2.75, 3.05) is 25.0 Å². The minimum atomic E-state index is -0.476. The first kappa shape index (κ1) is 18.9. The Morgan fingerprint density at radius 1 is 1.42 bits per heavy atom. The lowest BCUT2D eigenvalue weighted by Crippen LogP contribution is -2.40. The molecule has 1 fully saturated rings. The van der Waals surface area contributed by atoms with Crippen molar-refractivity contribution in [3.8, 4) is 0 Å². The quantitative estimate of drug-likeness (QED) is 0.715. The average Bonchev–Trinajstić information content (AvgIpc) is 2.61. The molecule has 1 aromatic rings. The molecule has 4 N–H and O–H groups in total. The molecule has 1 aliphatic heterocycles. The third kappa shape index (κ3) is 5.30. The number of nitrogens with one attached hydrogen (secondary N) is 1. The number of hydrogen-bond acceptors (Lipinski definition) is 4. The monoisotopic (exact) mass is 333 g/mol. The van der Waals surface area contributed by atoms with Crippen molar-refractivity contribution in [2.45, 2.75) is 45.7 Å². The summed E-state index contributed by atoms with van der Waals surface area (Å²) in [4.78, 5) is 14.6. The third-order valence-corrected chi connectivity index (χ3v) is 5.13. The van der Waals surface area contributed by atoms with Gasteiger partial charge < -0.3 is 16.2 Å². The summed E-state index contributed by atoms with van der Waals surface area (Å²) in [6.45, 7) is 7.24. The summed E-state index contributed by atoms with van der Waals surface area (Å²) < 4.78 is 0. The van der Waals surface area contributed by atoms with Crippen LogP contribution in [0.4, 0.5) is 5.69 Å². The fraction of sp³-hybridized carbons (Fsp3) is 0.632. The van der Waals surface area contributed by atoms with Crippen molar-refractivity contribution >= 4 is 11.6 Å². The van der Waals surface area contributed by atoms with Gasteiger partial charge in [-0.2, -0.15) is 0 Å². The van der Waals surface area contributed by atoms with Gasteiger partial charge in [-0.05, 0) is 55.5 Å². The van der Waals surface area contributed by atoms with Gasteiger partial charge in [-0.15, -0.1) is 0 Å². The van der Waals surface area contributed by atoms with Crippen LogP contribution in [-0.4, -0.2) is 41.7 Å². The molecule has 2 atom stereocenters. The molecular weight excluding hydrogens is 302 g/mol. The molecule has 5 heteroatoms. The van der Waals surface area contributed by atoms with Crippen LogP contribution in [0.2, 0.25) is 0 Å². The minimum absolute atomic E-state index is 0.120. The number of carbonyl (C=O) groups is 1. The summed E-state index contributed by atoms with van der Waals surface area (Å²) in [5.41, 5.74) is 7.99. The van der Waals surface area contributed by atoms with Crippen LogP contribution in [-0.2, 0) is 11.3 Å². The molecular formula is C19H31N3O2. The molecule has 5 nitrogen and oxygen atoms in total. The second-order valence-corrected chi connectivity index (χ2v) is 7.00. The molecule has 0 aliphatic carbocycles. The summed E-state index contributed by atoms with van der Waals surface area (Å²) in [6, 6.07) is 7.51. The summed E-state index contributed by atoms with van der Waals surface area (Å²) in [6.07, 6.45) is 2.99. The van der Waals surface area contributed by atoms with Gasteiger partial charge in [0.2, 0.25) is 5.91 Å². The normalized spacial score (nSPS) is 19.0. The smallest absolute Gasteiger partial charge is 0.241 e. The van der Waals surface area contributed by atoms with E-state index in [4.69, 9.17) is 5.73 Å². The van der Waals surface area contributed by atoms with E-state index in [1.807, 2.05) is 32.0 Å². The molecule has 1 aliphatic rings. The number of anilines is 1. The second kappa shape index (κ2) is 9.16. The van der Waals surface area contributed by atoms with Crippen LogP contribution < -0.4 is 11.1 Å². The highest BCUT2D eigenvalue weighted by atomic mass is 16.3. The summed E-state index contributed by atoms with van der Waals surface area (Å²) >= 11 is 0. The molecule has 1 amide bonds. The van der Waals surface area contributed by atoms with Crippen LogP contribution in [0, 0.1) is 11.8 Å². The molecule has 2 unspecified atom stereocenters. The second-order valence-electron chi connectivity index (χ2n) is 7.00. The highest BCUT2D eigenvalue weighted by Gasteiger charge is 2.20. The maximum absolute atomic E-state index is 12.2. The lowest BCUT2D eigenvalue weighted by Gasteiger charge is -2.31. The molecule has 134 valence electrons. The Labute approximate surface area is 145 Å². The molecule has 0 aromatic heterocycles. The standard InChI is InChI=1S/C19H31N3O2/c1-3-14(2)18(20)19(24)21-17-6-4-5-16(11-17)12-22-9-7-15(13-23)8-10-22/h4-6,11,14-15,18,23H,3,7-10,12-13,20H2,1-2H3,(H,21,24). The maximum atomic E-state index is 12.2. The number of likely N-dealkylation sites (tertiary alicyclic amines) is 1. The number of piperidine rings is 1. The molecule has 0 bridgehead atoms. The molecule has 24 heavy (non-hydrogen) atoms. The fourth-order valence-electron chi connectivity index (χ4n) is 3.07. The van der Waals surface area contributed by atoms with Gasteiger partial charge in [0.25, 0.3) is 0 Å². The zero-order valence-corrected chi connectivity index (χ0v) is 14.9. The number of rotatable bonds is 7. The van der Waals surface area contributed by atoms with Crippen LogP contribution in [0.25, 0.3) is 0 Å². The van der Waals surface area contributed by atoms with Crippen LogP contribution in [0.1, 0.15) is 38.7 Å². The highest BCUT2D eigenvalue weighted by molar-refractivity contribution is 5.94. The Morgan fingerprint density at radius 3 is 2.75 bits per heavy atom. The predicted octanol–water partition coefficient (Wildman–Crippen LogP) is 2.20. The largest absolute Gasteiger partial charge is 0.396 e. The van der Waals surface area contributed by atoms with E-state index in [9.17, 15) is 9.90 Å². The predicted molar refractivity (Wildman–Crippen MR) is 97.6 cm³/mol. The number of amides is 1. The number of aliphatic hydroxyl groups excluding tert-OH is 1. The molecule has 0 saturated carbocycles. The molecule has 2 rings (SSSR count). The lowest BCUT2D eigenvalue weighted by molar-refractivity contribution is -0.118. The Hall–Kier alpha value is -1.43. The van der Waals surface area contributed by atoms with E-state index >= 15 is 0 Å².